The highest BCUT2D eigenvalue weighted by Crippen LogP contribution is 2.26. The lowest BCUT2D eigenvalue weighted by Crippen LogP contribution is -2.25. The van der Waals surface area contributed by atoms with Gasteiger partial charge in [0, 0.05) is 12.2 Å². The molecular formula is C16H16FN. The van der Waals surface area contributed by atoms with Gasteiger partial charge in [0.25, 0.3) is 0 Å². The molecule has 1 nitrogen and oxygen atoms in total. The van der Waals surface area contributed by atoms with Crippen LogP contribution in [0.5, 0.6) is 0 Å². The molecule has 0 aromatic heterocycles. The van der Waals surface area contributed by atoms with Crippen molar-refractivity contribution in [1.29, 1.82) is 0 Å². The lowest BCUT2D eigenvalue weighted by atomic mass is 9.89. The number of para-hydroxylation sites is 1. The van der Waals surface area contributed by atoms with Crippen molar-refractivity contribution in [2.75, 3.05) is 11.9 Å². The summed E-state index contributed by atoms with van der Waals surface area (Å²) >= 11 is 0. The van der Waals surface area contributed by atoms with Gasteiger partial charge in [-0.15, -0.1) is 0 Å². The van der Waals surface area contributed by atoms with E-state index in [0.717, 1.165) is 24.9 Å². The van der Waals surface area contributed by atoms with Crippen LogP contribution in [0.4, 0.5) is 10.1 Å². The number of halogens is 1. The molecule has 2 aromatic rings. The number of hydrogen-bond acceptors (Lipinski definition) is 1. The second kappa shape index (κ2) is 4.81. The molecule has 0 saturated heterocycles. The third-order valence-electron chi connectivity index (χ3n) is 3.57. The van der Waals surface area contributed by atoms with Crippen molar-refractivity contribution >= 4 is 5.69 Å². The summed E-state index contributed by atoms with van der Waals surface area (Å²) < 4.78 is 13.6. The first kappa shape index (κ1) is 11.3. The molecule has 0 saturated carbocycles. The summed E-state index contributed by atoms with van der Waals surface area (Å²) in [6.07, 6.45) is 1.82. The van der Waals surface area contributed by atoms with Gasteiger partial charge in [0.05, 0.1) is 0 Å². The van der Waals surface area contributed by atoms with E-state index in [1.165, 1.54) is 11.3 Å². The minimum absolute atomic E-state index is 0.0867. The quantitative estimate of drug-likeness (QED) is 0.846. The molecule has 1 heterocycles. The van der Waals surface area contributed by atoms with E-state index in [9.17, 15) is 4.39 Å². The smallest absolute Gasteiger partial charge is 0.126 e. The zero-order valence-electron chi connectivity index (χ0n) is 10.2. The van der Waals surface area contributed by atoms with Crippen molar-refractivity contribution < 1.29 is 4.39 Å². The van der Waals surface area contributed by atoms with Crippen LogP contribution in [-0.4, -0.2) is 6.54 Å². The molecule has 1 aliphatic rings. The van der Waals surface area contributed by atoms with Crippen LogP contribution in [0.15, 0.2) is 48.5 Å². The fourth-order valence-corrected chi connectivity index (χ4v) is 2.63. The SMILES string of the molecule is Fc1ccccc1CC1CNc2ccccc2C1. The van der Waals surface area contributed by atoms with Gasteiger partial charge in [0.15, 0.2) is 0 Å². The van der Waals surface area contributed by atoms with Gasteiger partial charge in [-0.3, -0.25) is 0 Å². The van der Waals surface area contributed by atoms with Crippen LogP contribution in [0.1, 0.15) is 11.1 Å². The van der Waals surface area contributed by atoms with Crippen LogP contribution in [0.2, 0.25) is 0 Å². The Labute approximate surface area is 107 Å². The van der Waals surface area contributed by atoms with Gasteiger partial charge in [-0.25, -0.2) is 4.39 Å². The number of nitrogens with one attached hydrogen (secondary N) is 1. The number of rotatable bonds is 2. The van der Waals surface area contributed by atoms with E-state index >= 15 is 0 Å². The topological polar surface area (TPSA) is 12.0 Å². The molecule has 0 amide bonds. The maximum atomic E-state index is 13.6. The van der Waals surface area contributed by atoms with Crippen LogP contribution in [-0.2, 0) is 12.8 Å². The molecule has 0 spiro atoms. The zero-order chi connectivity index (χ0) is 12.4. The molecule has 2 heteroatoms. The molecule has 1 atom stereocenters. The van der Waals surface area contributed by atoms with E-state index in [4.69, 9.17) is 0 Å². The second-order valence-electron chi connectivity index (χ2n) is 4.90. The Morgan fingerprint density at radius 3 is 2.72 bits per heavy atom. The lowest BCUT2D eigenvalue weighted by molar-refractivity contribution is 0.513. The molecule has 92 valence electrons. The fourth-order valence-electron chi connectivity index (χ4n) is 2.63. The Morgan fingerprint density at radius 2 is 1.83 bits per heavy atom. The molecule has 0 bridgehead atoms. The third kappa shape index (κ3) is 2.23. The maximum Gasteiger partial charge on any atom is 0.126 e. The number of fused-ring (bicyclic) bond motifs is 1. The Morgan fingerprint density at radius 1 is 1.06 bits per heavy atom. The molecule has 2 aromatic carbocycles. The van der Waals surface area contributed by atoms with Gasteiger partial charge in [-0.1, -0.05) is 36.4 Å². The Hall–Kier alpha value is -1.83. The molecule has 1 unspecified atom stereocenters. The minimum atomic E-state index is -0.0867. The van der Waals surface area contributed by atoms with Gasteiger partial charge in [-0.2, -0.15) is 0 Å². The Kier molecular flexibility index (Phi) is 3.01. The number of benzene rings is 2. The summed E-state index contributed by atoms with van der Waals surface area (Å²) in [5, 5.41) is 3.43. The van der Waals surface area contributed by atoms with Crippen LogP contribution in [0, 0.1) is 11.7 Å². The Balaban J connectivity index is 1.75. The summed E-state index contributed by atoms with van der Waals surface area (Å²) in [5.41, 5.74) is 3.39. The van der Waals surface area contributed by atoms with Crippen molar-refractivity contribution in [3.8, 4) is 0 Å². The van der Waals surface area contributed by atoms with E-state index in [1.54, 1.807) is 12.1 Å². The number of anilines is 1. The normalized spacial score (nSPS) is 17.9. The average Bonchev–Trinajstić information content (AvgIpc) is 2.41. The highest BCUT2D eigenvalue weighted by Gasteiger charge is 2.18. The summed E-state index contributed by atoms with van der Waals surface area (Å²) in [5.74, 6) is 0.383. The monoisotopic (exact) mass is 241 g/mol. The lowest BCUT2D eigenvalue weighted by Gasteiger charge is -2.26. The molecule has 18 heavy (non-hydrogen) atoms. The highest BCUT2D eigenvalue weighted by atomic mass is 19.1. The summed E-state index contributed by atoms with van der Waals surface area (Å²) in [6.45, 7) is 0.922. The van der Waals surface area contributed by atoms with Gasteiger partial charge >= 0.3 is 0 Å². The van der Waals surface area contributed by atoms with Gasteiger partial charge in [-0.05, 0) is 42.0 Å². The largest absolute Gasteiger partial charge is 0.385 e. The van der Waals surface area contributed by atoms with Crippen molar-refractivity contribution in [3.05, 3.63) is 65.5 Å². The van der Waals surface area contributed by atoms with E-state index in [2.05, 4.69) is 23.5 Å². The second-order valence-corrected chi connectivity index (χ2v) is 4.90. The molecular weight excluding hydrogens is 225 g/mol. The third-order valence-corrected chi connectivity index (χ3v) is 3.57. The van der Waals surface area contributed by atoms with Crippen molar-refractivity contribution in [2.24, 2.45) is 5.92 Å². The van der Waals surface area contributed by atoms with Gasteiger partial charge in [0.2, 0.25) is 0 Å². The zero-order valence-corrected chi connectivity index (χ0v) is 10.2. The summed E-state index contributed by atoms with van der Waals surface area (Å²) in [7, 11) is 0. The molecule has 0 aliphatic carbocycles. The molecule has 3 rings (SSSR count). The fraction of sp³-hybridized carbons (Fsp3) is 0.250. The Bertz CT molecular complexity index is 550. The number of hydrogen-bond donors (Lipinski definition) is 1. The van der Waals surface area contributed by atoms with E-state index < -0.39 is 0 Å². The van der Waals surface area contributed by atoms with Crippen LogP contribution >= 0.6 is 0 Å². The first-order chi connectivity index (χ1) is 8.83. The first-order valence-corrected chi connectivity index (χ1v) is 6.38. The van der Waals surface area contributed by atoms with Crippen molar-refractivity contribution in [3.63, 3.8) is 0 Å². The van der Waals surface area contributed by atoms with Gasteiger partial charge < -0.3 is 5.32 Å². The molecule has 1 N–H and O–H groups in total. The summed E-state index contributed by atoms with van der Waals surface area (Å²) in [6, 6.07) is 15.4. The molecule has 1 aliphatic heterocycles. The highest BCUT2D eigenvalue weighted by molar-refractivity contribution is 5.53. The van der Waals surface area contributed by atoms with E-state index in [1.807, 2.05) is 18.2 Å². The maximum absolute atomic E-state index is 13.6. The first-order valence-electron chi connectivity index (χ1n) is 6.38. The molecule has 0 fully saturated rings. The van der Waals surface area contributed by atoms with E-state index in [-0.39, 0.29) is 5.82 Å². The van der Waals surface area contributed by atoms with Crippen LogP contribution in [0.3, 0.4) is 0 Å². The predicted molar refractivity (Wildman–Crippen MR) is 72.2 cm³/mol. The predicted octanol–water partition coefficient (Wildman–Crippen LogP) is 3.65. The average molecular weight is 241 g/mol. The summed E-state index contributed by atoms with van der Waals surface area (Å²) in [4.78, 5) is 0. The van der Waals surface area contributed by atoms with Gasteiger partial charge in [0.1, 0.15) is 5.82 Å². The van der Waals surface area contributed by atoms with Crippen molar-refractivity contribution in [2.45, 2.75) is 12.8 Å². The van der Waals surface area contributed by atoms with Crippen LogP contribution < -0.4 is 5.32 Å². The van der Waals surface area contributed by atoms with E-state index in [0.29, 0.717) is 5.92 Å². The van der Waals surface area contributed by atoms with Crippen LogP contribution in [0.25, 0.3) is 0 Å². The minimum Gasteiger partial charge on any atom is -0.385 e. The van der Waals surface area contributed by atoms with Crippen molar-refractivity contribution in [1.82, 2.24) is 0 Å². The standard InChI is InChI=1S/C16H16FN/c17-15-7-3-1-5-13(15)9-12-10-14-6-2-4-8-16(14)18-11-12/h1-8,12,18H,9-11H2. The molecule has 0 radical (unpaired) electrons.